The van der Waals surface area contributed by atoms with Crippen molar-refractivity contribution in [2.45, 2.75) is 25.9 Å². The van der Waals surface area contributed by atoms with Crippen molar-refractivity contribution in [1.82, 2.24) is 25.2 Å². The van der Waals surface area contributed by atoms with E-state index >= 15 is 0 Å². The Balaban J connectivity index is 1.75. The fraction of sp³-hybridized carbons (Fsp3) is 0.636. The number of hydrogen-bond donors (Lipinski definition) is 2. The zero-order valence-electron chi connectivity index (χ0n) is 10.7. The fourth-order valence-corrected chi connectivity index (χ4v) is 1.71. The maximum absolute atomic E-state index is 11.7. The highest BCUT2D eigenvalue weighted by atomic mass is 16.4. The number of rotatable bonds is 6. The smallest absolute Gasteiger partial charge is 0.325 e. The summed E-state index contributed by atoms with van der Waals surface area (Å²) in [5.74, 6) is -0.336. The number of nitrogens with one attached hydrogen (secondary N) is 1. The standard InChI is InChI=1S/C11H17N5O3/c1-15(5-8-2-3-8)11(19)12-4-9-6-16(14-13-9)7-10(17)18/h6,8H,2-5,7H2,1H3,(H,12,19)(H,17,18). The van der Waals surface area contributed by atoms with Crippen molar-refractivity contribution in [1.29, 1.82) is 0 Å². The molecule has 0 radical (unpaired) electrons. The Hall–Kier alpha value is -2.12. The lowest BCUT2D eigenvalue weighted by Crippen LogP contribution is -2.38. The van der Waals surface area contributed by atoms with Gasteiger partial charge in [0.05, 0.1) is 12.7 Å². The number of aliphatic carboxylic acids is 1. The summed E-state index contributed by atoms with van der Waals surface area (Å²) in [4.78, 5) is 23.9. The summed E-state index contributed by atoms with van der Waals surface area (Å²) in [6.07, 6.45) is 3.90. The van der Waals surface area contributed by atoms with Crippen LogP contribution in [0.3, 0.4) is 0 Å². The molecule has 0 aliphatic heterocycles. The topological polar surface area (TPSA) is 100 Å². The first-order chi connectivity index (χ1) is 9.04. The van der Waals surface area contributed by atoms with E-state index in [1.807, 2.05) is 0 Å². The molecule has 0 aromatic carbocycles. The lowest BCUT2D eigenvalue weighted by molar-refractivity contribution is -0.137. The third-order valence-corrected chi connectivity index (χ3v) is 2.88. The van der Waals surface area contributed by atoms with Crippen molar-refractivity contribution < 1.29 is 14.7 Å². The quantitative estimate of drug-likeness (QED) is 0.750. The van der Waals surface area contributed by atoms with Gasteiger partial charge in [-0.1, -0.05) is 5.21 Å². The van der Waals surface area contributed by atoms with Crippen LogP contribution < -0.4 is 5.32 Å². The van der Waals surface area contributed by atoms with E-state index in [9.17, 15) is 9.59 Å². The number of carbonyl (C=O) groups excluding carboxylic acids is 1. The Morgan fingerprint density at radius 1 is 1.58 bits per heavy atom. The molecular formula is C11H17N5O3. The second kappa shape index (κ2) is 5.68. The second-order valence-electron chi connectivity index (χ2n) is 4.78. The summed E-state index contributed by atoms with van der Waals surface area (Å²) in [6.45, 7) is 0.785. The van der Waals surface area contributed by atoms with E-state index in [2.05, 4.69) is 15.6 Å². The molecule has 0 unspecified atom stereocenters. The van der Waals surface area contributed by atoms with Crippen molar-refractivity contribution >= 4 is 12.0 Å². The molecule has 1 aliphatic rings. The van der Waals surface area contributed by atoms with Crippen LogP contribution in [0, 0.1) is 5.92 Å². The van der Waals surface area contributed by atoms with Gasteiger partial charge in [-0.25, -0.2) is 9.48 Å². The van der Waals surface area contributed by atoms with E-state index in [4.69, 9.17) is 5.11 Å². The average Bonchev–Trinajstić information content (AvgIpc) is 3.04. The Morgan fingerprint density at radius 3 is 2.95 bits per heavy atom. The van der Waals surface area contributed by atoms with Crippen molar-refractivity contribution in [2.75, 3.05) is 13.6 Å². The summed E-state index contributed by atoms with van der Waals surface area (Å²) in [5, 5.41) is 18.8. The molecule has 104 valence electrons. The molecule has 1 aromatic rings. The summed E-state index contributed by atoms with van der Waals surface area (Å²) >= 11 is 0. The fourth-order valence-electron chi connectivity index (χ4n) is 1.71. The van der Waals surface area contributed by atoms with Gasteiger partial charge in [-0.3, -0.25) is 4.79 Å². The van der Waals surface area contributed by atoms with E-state index in [0.717, 1.165) is 6.54 Å². The van der Waals surface area contributed by atoms with Gasteiger partial charge in [0.2, 0.25) is 0 Å². The normalized spacial score (nSPS) is 14.2. The summed E-state index contributed by atoms with van der Waals surface area (Å²) < 4.78 is 1.22. The van der Waals surface area contributed by atoms with Gasteiger partial charge in [0.25, 0.3) is 0 Å². The van der Waals surface area contributed by atoms with Crippen LogP contribution in [0.1, 0.15) is 18.5 Å². The van der Waals surface area contributed by atoms with Crippen LogP contribution >= 0.6 is 0 Å². The minimum Gasteiger partial charge on any atom is -0.480 e. The summed E-state index contributed by atoms with van der Waals surface area (Å²) in [7, 11) is 1.76. The van der Waals surface area contributed by atoms with Gasteiger partial charge < -0.3 is 15.3 Å². The zero-order chi connectivity index (χ0) is 13.8. The summed E-state index contributed by atoms with van der Waals surface area (Å²) in [5.41, 5.74) is 0.537. The third kappa shape index (κ3) is 4.23. The average molecular weight is 267 g/mol. The maximum Gasteiger partial charge on any atom is 0.325 e. The SMILES string of the molecule is CN(CC1CC1)C(=O)NCc1cn(CC(=O)O)nn1. The van der Waals surface area contributed by atoms with Crippen LogP contribution in [0.25, 0.3) is 0 Å². The van der Waals surface area contributed by atoms with Gasteiger partial charge in [-0.2, -0.15) is 0 Å². The molecule has 0 bridgehead atoms. The van der Waals surface area contributed by atoms with Crippen LogP contribution in [0.4, 0.5) is 4.79 Å². The first-order valence-electron chi connectivity index (χ1n) is 6.14. The Morgan fingerprint density at radius 2 is 2.32 bits per heavy atom. The molecule has 0 saturated heterocycles. The van der Waals surface area contributed by atoms with Crippen molar-refractivity contribution in [3.8, 4) is 0 Å². The minimum absolute atomic E-state index is 0.153. The lowest BCUT2D eigenvalue weighted by atomic mass is 10.4. The Bertz CT molecular complexity index is 469. The Labute approximate surface area is 110 Å². The van der Waals surface area contributed by atoms with Crippen LogP contribution in [0.5, 0.6) is 0 Å². The molecule has 8 heteroatoms. The third-order valence-electron chi connectivity index (χ3n) is 2.88. The highest BCUT2D eigenvalue weighted by Crippen LogP contribution is 2.29. The van der Waals surface area contributed by atoms with Crippen molar-refractivity contribution in [3.63, 3.8) is 0 Å². The molecule has 8 nitrogen and oxygen atoms in total. The van der Waals surface area contributed by atoms with Gasteiger partial charge in [0, 0.05) is 13.6 Å². The van der Waals surface area contributed by atoms with Crippen molar-refractivity contribution in [2.24, 2.45) is 5.92 Å². The molecule has 2 amide bonds. The van der Waals surface area contributed by atoms with E-state index in [1.165, 1.54) is 23.7 Å². The molecule has 2 N–H and O–H groups in total. The molecule has 0 spiro atoms. The van der Waals surface area contributed by atoms with Gasteiger partial charge in [0.1, 0.15) is 12.2 Å². The number of nitrogens with zero attached hydrogens (tertiary/aromatic N) is 4. The first kappa shape index (κ1) is 13.3. The second-order valence-corrected chi connectivity index (χ2v) is 4.78. The number of urea groups is 1. The molecule has 1 heterocycles. The number of carbonyl (C=O) groups is 2. The van der Waals surface area contributed by atoms with Crippen LogP contribution in [0.2, 0.25) is 0 Å². The van der Waals surface area contributed by atoms with E-state index in [1.54, 1.807) is 11.9 Å². The van der Waals surface area contributed by atoms with E-state index < -0.39 is 5.97 Å². The largest absolute Gasteiger partial charge is 0.480 e. The maximum atomic E-state index is 11.7. The number of hydrogen-bond acceptors (Lipinski definition) is 4. The zero-order valence-corrected chi connectivity index (χ0v) is 10.7. The molecule has 1 aromatic heterocycles. The van der Waals surface area contributed by atoms with E-state index in [0.29, 0.717) is 11.6 Å². The first-order valence-corrected chi connectivity index (χ1v) is 6.14. The van der Waals surface area contributed by atoms with E-state index in [-0.39, 0.29) is 19.1 Å². The molecule has 1 aliphatic carbocycles. The van der Waals surface area contributed by atoms with Gasteiger partial charge >= 0.3 is 12.0 Å². The number of amides is 2. The molecular weight excluding hydrogens is 250 g/mol. The van der Waals surface area contributed by atoms with Crippen LogP contribution in [0.15, 0.2) is 6.20 Å². The highest BCUT2D eigenvalue weighted by Gasteiger charge is 2.24. The number of carboxylic acid groups (broad SMARTS) is 1. The Kier molecular flexibility index (Phi) is 3.98. The van der Waals surface area contributed by atoms with Gasteiger partial charge in [-0.05, 0) is 18.8 Å². The summed E-state index contributed by atoms with van der Waals surface area (Å²) in [6, 6.07) is -0.153. The molecule has 1 saturated carbocycles. The van der Waals surface area contributed by atoms with Crippen molar-refractivity contribution in [3.05, 3.63) is 11.9 Å². The molecule has 19 heavy (non-hydrogen) atoms. The number of aromatic nitrogens is 3. The highest BCUT2D eigenvalue weighted by molar-refractivity contribution is 5.73. The van der Waals surface area contributed by atoms with Gasteiger partial charge in [-0.15, -0.1) is 5.10 Å². The minimum atomic E-state index is -0.982. The lowest BCUT2D eigenvalue weighted by Gasteiger charge is -2.16. The molecule has 0 atom stereocenters. The predicted octanol–water partition coefficient (Wildman–Crippen LogP) is -0.0859. The molecule has 1 fully saturated rings. The number of carboxylic acids is 1. The van der Waals surface area contributed by atoms with Crippen LogP contribution in [-0.4, -0.2) is 50.6 Å². The monoisotopic (exact) mass is 267 g/mol. The molecule has 2 rings (SSSR count). The van der Waals surface area contributed by atoms with Crippen LogP contribution in [-0.2, 0) is 17.9 Å². The van der Waals surface area contributed by atoms with Gasteiger partial charge in [0.15, 0.2) is 0 Å². The predicted molar refractivity (Wildman–Crippen MR) is 65.2 cm³/mol.